The van der Waals surface area contributed by atoms with Crippen molar-refractivity contribution in [2.45, 2.75) is 25.8 Å². The van der Waals surface area contributed by atoms with Crippen LogP contribution in [0.15, 0.2) is 28.6 Å². The maximum atomic E-state index is 11.4. The average Bonchev–Trinajstić information content (AvgIpc) is 2.99. The molecule has 0 unspecified atom stereocenters. The number of aromatic nitrogens is 4. The van der Waals surface area contributed by atoms with Gasteiger partial charge in [0.2, 0.25) is 0 Å². The summed E-state index contributed by atoms with van der Waals surface area (Å²) < 4.78 is 7.14. The lowest BCUT2D eigenvalue weighted by atomic mass is 10.2. The predicted molar refractivity (Wildman–Crippen MR) is 98.7 cm³/mol. The van der Waals surface area contributed by atoms with Crippen molar-refractivity contribution < 1.29 is 9.21 Å². The van der Waals surface area contributed by atoms with Crippen molar-refractivity contribution >= 4 is 35.4 Å². The molecule has 0 bridgehead atoms. The Morgan fingerprint density at radius 2 is 2.26 bits per heavy atom. The van der Waals surface area contributed by atoms with Crippen LogP contribution in [-0.4, -0.2) is 38.2 Å². The third-order valence-corrected chi connectivity index (χ3v) is 4.33. The minimum atomic E-state index is -0.205. The fourth-order valence-electron chi connectivity index (χ4n) is 2.89. The van der Waals surface area contributed by atoms with Gasteiger partial charge < -0.3 is 20.4 Å². The van der Waals surface area contributed by atoms with Crippen LogP contribution in [0.4, 0.5) is 22.4 Å². The van der Waals surface area contributed by atoms with Crippen LogP contribution >= 0.6 is 0 Å². The molecule has 5 rings (SSSR count). The third kappa shape index (κ3) is 3.16. The molecule has 0 aromatic carbocycles. The molecule has 4 heterocycles. The van der Waals surface area contributed by atoms with Gasteiger partial charge in [0, 0.05) is 23.4 Å². The molecule has 10 nitrogen and oxygen atoms in total. The molecule has 0 atom stereocenters. The van der Waals surface area contributed by atoms with E-state index in [2.05, 4.69) is 36.3 Å². The largest absolute Gasteiger partial charge is 0.432 e. The van der Waals surface area contributed by atoms with E-state index in [0.717, 1.165) is 35.6 Å². The molecule has 4 N–H and O–H groups in total. The van der Waals surface area contributed by atoms with Crippen LogP contribution in [0.5, 0.6) is 0 Å². The first-order valence-corrected chi connectivity index (χ1v) is 8.74. The number of hydrogen-bond donors (Lipinski definition) is 4. The minimum absolute atomic E-state index is 0.205. The van der Waals surface area contributed by atoms with Crippen molar-refractivity contribution in [2.24, 2.45) is 0 Å². The summed E-state index contributed by atoms with van der Waals surface area (Å²) >= 11 is 0. The van der Waals surface area contributed by atoms with Gasteiger partial charge in [0.25, 0.3) is 6.01 Å². The number of urea groups is 1. The highest BCUT2D eigenvalue weighted by molar-refractivity contribution is 5.82. The Bertz CT molecular complexity index is 1060. The summed E-state index contributed by atoms with van der Waals surface area (Å²) in [7, 11) is 0. The Morgan fingerprint density at radius 3 is 2.96 bits per heavy atom. The average molecular weight is 366 g/mol. The summed E-state index contributed by atoms with van der Waals surface area (Å²) in [4.78, 5) is 20.3. The molecule has 1 saturated heterocycles. The number of aryl methyl sites for hydroxylation is 1. The van der Waals surface area contributed by atoms with E-state index in [4.69, 9.17) is 4.42 Å². The van der Waals surface area contributed by atoms with E-state index in [1.165, 1.54) is 0 Å². The maximum Gasteiger partial charge on any atom is 0.319 e. The molecule has 3 aromatic heterocycles. The molecule has 1 aliphatic heterocycles. The number of fused-ring (bicyclic) bond motifs is 1. The van der Waals surface area contributed by atoms with Crippen LogP contribution in [-0.2, 0) is 0 Å². The molecule has 27 heavy (non-hydrogen) atoms. The van der Waals surface area contributed by atoms with Gasteiger partial charge in [-0.05, 0) is 25.8 Å². The lowest BCUT2D eigenvalue weighted by Crippen LogP contribution is -2.19. The number of nitrogens with zero attached hydrogens (tertiary/aromatic N) is 4. The van der Waals surface area contributed by atoms with Gasteiger partial charge in [-0.2, -0.15) is 14.6 Å². The zero-order valence-corrected chi connectivity index (χ0v) is 14.6. The highest BCUT2D eigenvalue weighted by atomic mass is 16.4. The topological polar surface area (TPSA) is 121 Å². The number of carbonyl (C=O) groups excluding carboxylic acids is 1. The van der Waals surface area contributed by atoms with Crippen LogP contribution in [0.25, 0.3) is 11.7 Å². The van der Waals surface area contributed by atoms with E-state index in [9.17, 15) is 4.79 Å². The number of carbonyl (C=O) groups is 1. The molecular weight excluding hydrogens is 348 g/mol. The fourth-order valence-corrected chi connectivity index (χ4v) is 2.89. The van der Waals surface area contributed by atoms with E-state index < -0.39 is 0 Å². The zero-order valence-electron chi connectivity index (χ0n) is 14.6. The van der Waals surface area contributed by atoms with Gasteiger partial charge in [-0.1, -0.05) is 0 Å². The van der Waals surface area contributed by atoms with Gasteiger partial charge in [-0.25, -0.2) is 9.78 Å². The molecule has 1 saturated carbocycles. The van der Waals surface area contributed by atoms with Crippen molar-refractivity contribution in [3.63, 3.8) is 0 Å². The van der Waals surface area contributed by atoms with Crippen molar-refractivity contribution in [3.05, 3.63) is 35.5 Å². The maximum absolute atomic E-state index is 11.4. The lowest BCUT2D eigenvalue weighted by Gasteiger charge is -2.10. The number of amides is 2. The van der Waals surface area contributed by atoms with Crippen LogP contribution < -0.4 is 21.3 Å². The quantitative estimate of drug-likeness (QED) is 0.545. The second-order valence-corrected chi connectivity index (χ2v) is 6.68. The molecule has 1 aliphatic carbocycles. The van der Waals surface area contributed by atoms with E-state index >= 15 is 0 Å². The smallest absolute Gasteiger partial charge is 0.319 e. The standard InChI is InChI=1S/C17H18N8O2/c1-9-8-27-17(20-9)24-13-5-14(21-11-2-3-11)25-15(23-13)10(6-19-25)4-12-7-18-16(26)22-12/h4-6,8,11,21H,2-3,7H2,1H3,(H2,18,22,26)(H,20,23,24)/b12-4-. The SMILES string of the molecule is Cc1coc(Nc2cc(NC3CC3)n3ncc(/C=C4/CNC(=O)N4)c3n2)n1. The van der Waals surface area contributed by atoms with Crippen molar-refractivity contribution in [1.29, 1.82) is 0 Å². The second kappa shape index (κ2) is 6.01. The van der Waals surface area contributed by atoms with E-state index in [1.54, 1.807) is 17.0 Å². The molecule has 3 aromatic rings. The summed E-state index contributed by atoms with van der Waals surface area (Å²) in [5, 5.41) is 16.5. The van der Waals surface area contributed by atoms with E-state index in [-0.39, 0.29) is 6.03 Å². The fraction of sp³-hybridized carbons (Fsp3) is 0.294. The molecule has 10 heteroatoms. The number of nitrogens with one attached hydrogen (secondary N) is 4. The number of hydrogen-bond acceptors (Lipinski definition) is 7. The molecule has 0 spiro atoms. The van der Waals surface area contributed by atoms with Gasteiger partial charge >= 0.3 is 6.03 Å². The van der Waals surface area contributed by atoms with Crippen LogP contribution in [0.3, 0.4) is 0 Å². The number of oxazole rings is 1. The number of anilines is 3. The third-order valence-electron chi connectivity index (χ3n) is 4.33. The first-order valence-electron chi connectivity index (χ1n) is 8.74. The zero-order chi connectivity index (χ0) is 18.4. The van der Waals surface area contributed by atoms with Crippen LogP contribution in [0.1, 0.15) is 24.1 Å². The van der Waals surface area contributed by atoms with Gasteiger partial charge in [-0.15, -0.1) is 0 Å². The minimum Gasteiger partial charge on any atom is -0.432 e. The molecular formula is C17H18N8O2. The molecule has 2 amide bonds. The first-order chi connectivity index (χ1) is 13.1. The lowest BCUT2D eigenvalue weighted by molar-refractivity contribution is 0.249. The summed E-state index contributed by atoms with van der Waals surface area (Å²) in [5.74, 6) is 1.44. The summed E-state index contributed by atoms with van der Waals surface area (Å²) in [6.07, 6.45) is 7.46. The Balaban J connectivity index is 1.56. The van der Waals surface area contributed by atoms with Crippen LogP contribution in [0.2, 0.25) is 0 Å². The highest BCUT2D eigenvalue weighted by Crippen LogP contribution is 2.28. The Morgan fingerprint density at radius 1 is 1.37 bits per heavy atom. The molecule has 2 fully saturated rings. The summed E-state index contributed by atoms with van der Waals surface area (Å²) in [6, 6.07) is 2.52. The molecule has 138 valence electrons. The molecule has 0 radical (unpaired) electrons. The van der Waals surface area contributed by atoms with Gasteiger partial charge in [0.15, 0.2) is 5.65 Å². The van der Waals surface area contributed by atoms with E-state index in [0.29, 0.717) is 30.1 Å². The summed E-state index contributed by atoms with van der Waals surface area (Å²) in [6.45, 7) is 2.31. The van der Waals surface area contributed by atoms with Gasteiger partial charge in [0.05, 0.1) is 18.4 Å². The van der Waals surface area contributed by atoms with Crippen LogP contribution in [0, 0.1) is 6.92 Å². The Hall–Kier alpha value is -3.56. The van der Waals surface area contributed by atoms with Crippen molar-refractivity contribution in [1.82, 2.24) is 30.2 Å². The summed E-state index contributed by atoms with van der Waals surface area (Å²) in [5.41, 5.74) is 3.03. The number of rotatable bonds is 5. The van der Waals surface area contributed by atoms with Crippen molar-refractivity contribution in [3.8, 4) is 0 Å². The normalized spacial score (nSPS) is 18.0. The highest BCUT2D eigenvalue weighted by Gasteiger charge is 2.23. The monoisotopic (exact) mass is 366 g/mol. The van der Waals surface area contributed by atoms with E-state index in [1.807, 2.05) is 19.1 Å². The molecule has 2 aliphatic rings. The first kappa shape index (κ1) is 15.7. The van der Waals surface area contributed by atoms with Gasteiger partial charge in [-0.3, -0.25) is 5.32 Å². The Labute approximate surface area is 154 Å². The van der Waals surface area contributed by atoms with Gasteiger partial charge in [0.1, 0.15) is 17.9 Å². The van der Waals surface area contributed by atoms with Crippen molar-refractivity contribution in [2.75, 3.05) is 17.2 Å². The Kier molecular flexibility index (Phi) is 3.49. The predicted octanol–water partition coefficient (Wildman–Crippen LogP) is 2.00. The second-order valence-electron chi connectivity index (χ2n) is 6.68.